The Balaban J connectivity index is 1.60. The number of hydrogen-bond acceptors (Lipinski definition) is 5. The summed E-state index contributed by atoms with van der Waals surface area (Å²) in [6.07, 6.45) is 5.21. The zero-order valence-corrected chi connectivity index (χ0v) is 22.2. The average Bonchev–Trinajstić information content (AvgIpc) is 2.93. The number of sulfonamides is 1. The molecule has 3 aromatic rings. The predicted molar refractivity (Wildman–Crippen MR) is 148 cm³/mol. The zero-order valence-electron chi connectivity index (χ0n) is 21.4. The molecule has 1 aliphatic carbocycles. The fourth-order valence-electron chi connectivity index (χ4n) is 4.58. The van der Waals surface area contributed by atoms with Gasteiger partial charge >= 0.3 is 0 Å². The van der Waals surface area contributed by atoms with Gasteiger partial charge in [0.25, 0.3) is 15.9 Å². The molecule has 0 unspecified atom stereocenters. The fourth-order valence-corrected chi connectivity index (χ4v) is 6.03. The number of amides is 2. The van der Waals surface area contributed by atoms with Crippen molar-refractivity contribution in [2.45, 2.75) is 50.0 Å². The molecule has 0 aliphatic heterocycles. The van der Waals surface area contributed by atoms with Crippen LogP contribution in [0, 0.1) is 0 Å². The number of rotatable bonds is 10. The Morgan fingerprint density at radius 2 is 1.55 bits per heavy atom. The number of nitrogens with zero attached hydrogens (tertiary/aromatic N) is 1. The molecular formula is C29H33N3O5S. The van der Waals surface area contributed by atoms with Crippen LogP contribution in [0.15, 0.2) is 83.8 Å². The van der Waals surface area contributed by atoms with Gasteiger partial charge in [0.2, 0.25) is 5.91 Å². The second kappa shape index (κ2) is 12.6. The SMILES string of the molecule is CCOc1ccccc1N(CC(=O)Nc1ccccc1C(=O)NC1CCCCC1)S(=O)(=O)c1ccccc1. The third-order valence-corrected chi connectivity index (χ3v) is 8.21. The lowest BCUT2D eigenvalue weighted by Gasteiger charge is -2.26. The molecule has 8 nitrogen and oxygen atoms in total. The summed E-state index contributed by atoms with van der Waals surface area (Å²) >= 11 is 0. The van der Waals surface area contributed by atoms with Crippen LogP contribution in [-0.4, -0.2) is 39.4 Å². The lowest BCUT2D eigenvalue weighted by molar-refractivity contribution is -0.114. The number of benzene rings is 3. The van der Waals surface area contributed by atoms with E-state index in [1.165, 1.54) is 18.6 Å². The topological polar surface area (TPSA) is 105 Å². The molecule has 2 N–H and O–H groups in total. The second-order valence-corrected chi connectivity index (χ2v) is 11.0. The van der Waals surface area contributed by atoms with Crippen LogP contribution in [0.4, 0.5) is 11.4 Å². The van der Waals surface area contributed by atoms with E-state index in [1.54, 1.807) is 73.7 Å². The smallest absolute Gasteiger partial charge is 0.264 e. The molecule has 1 aliphatic rings. The molecule has 1 fully saturated rings. The molecule has 38 heavy (non-hydrogen) atoms. The standard InChI is InChI=1S/C29H33N3O5S/c1-2-37-27-20-12-11-19-26(27)32(38(35,36)23-15-7-4-8-16-23)21-28(33)31-25-18-10-9-17-24(25)29(34)30-22-13-5-3-6-14-22/h4,7-12,15-20,22H,2-3,5-6,13-14,21H2,1H3,(H,30,34)(H,31,33). The molecule has 2 amide bonds. The number of carbonyl (C=O) groups excluding carboxylic acids is 2. The Morgan fingerprint density at radius 1 is 0.895 bits per heavy atom. The summed E-state index contributed by atoms with van der Waals surface area (Å²) < 4.78 is 34.1. The van der Waals surface area contributed by atoms with Crippen LogP contribution in [0.5, 0.6) is 5.75 Å². The summed E-state index contributed by atoms with van der Waals surface area (Å²) in [6, 6.07) is 21.5. The third kappa shape index (κ3) is 6.52. The Bertz CT molecular complexity index is 1360. The van der Waals surface area contributed by atoms with Gasteiger partial charge in [-0.3, -0.25) is 13.9 Å². The summed E-state index contributed by atoms with van der Waals surface area (Å²) in [7, 11) is -4.11. The van der Waals surface area contributed by atoms with Gasteiger partial charge in [-0.2, -0.15) is 0 Å². The van der Waals surface area contributed by atoms with E-state index < -0.39 is 22.5 Å². The van der Waals surface area contributed by atoms with Crippen molar-refractivity contribution in [2.75, 3.05) is 22.8 Å². The van der Waals surface area contributed by atoms with E-state index in [2.05, 4.69) is 10.6 Å². The highest BCUT2D eigenvalue weighted by molar-refractivity contribution is 7.92. The van der Waals surface area contributed by atoms with Crippen molar-refractivity contribution in [3.63, 3.8) is 0 Å². The molecule has 4 rings (SSSR count). The average molecular weight is 536 g/mol. The maximum absolute atomic E-state index is 13.7. The zero-order chi connectivity index (χ0) is 27.0. The van der Waals surface area contributed by atoms with E-state index in [9.17, 15) is 18.0 Å². The first-order valence-corrected chi connectivity index (χ1v) is 14.3. The number of anilines is 2. The minimum Gasteiger partial charge on any atom is -0.492 e. The summed E-state index contributed by atoms with van der Waals surface area (Å²) in [4.78, 5) is 26.4. The second-order valence-electron chi connectivity index (χ2n) is 9.13. The van der Waals surface area contributed by atoms with E-state index >= 15 is 0 Å². The number of ether oxygens (including phenoxy) is 1. The highest BCUT2D eigenvalue weighted by Crippen LogP contribution is 2.32. The van der Waals surface area contributed by atoms with Crippen molar-refractivity contribution in [1.29, 1.82) is 0 Å². The monoisotopic (exact) mass is 535 g/mol. The van der Waals surface area contributed by atoms with Gasteiger partial charge in [-0.05, 0) is 56.2 Å². The van der Waals surface area contributed by atoms with Gasteiger partial charge in [-0.15, -0.1) is 0 Å². The minimum atomic E-state index is -4.11. The van der Waals surface area contributed by atoms with E-state index in [0.29, 0.717) is 23.6 Å². The van der Waals surface area contributed by atoms with Crippen molar-refractivity contribution in [2.24, 2.45) is 0 Å². The van der Waals surface area contributed by atoms with Crippen molar-refractivity contribution >= 4 is 33.2 Å². The van der Waals surface area contributed by atoms with Gasteiger partial charge in [0.15, 0.2) is 0 Å². The maximum Gasteiger partial charge on any atom is 0.264 e. The molecule has 0 aromatic heterocycles. The van der Waals surface area contributed by atoms with Crippen molar-refractivity contribution < 1.29 is 22.7 Å². The maximum atomic E-state index is 13.7. The Kier molecular flexibility index (Phi) is 9.02. The number of hydrogen-bond donors (Lipinski definition) is 2. The van der Waals surface area contributed by atoms with Crippen LogP contribution < -0.4 is 19.7 Å². The van der Waals surface area contributed by atoms with Crippen LogP contribution >= 0.6 is 0 Å². The minimum absolute atomic E-state index is 0.0476. The highest BCUT2D eigenvalue weighted by atomic mass is 32.2. The van der Waals surface area contributed by atoms with Crippen molar-refractivity contribution in [3.8, 4) is 5.75 Å². The van der Waals surface area contributed by atoms with E-state index in [1.807, 2.05) is 0 Å². The number of nitrogens with one attached hydrogen (secondary N) is 2. The molecule has 1 saturated carbocycles. The van der Waals surface area contributed by atoms with Gasteiger partial charge < -0.3 is 15.4 Å². The van der Waals surface area contributed by atoms with E-state index in [0.717, 1.165) is 30.0 Å². The molecule has 200 valence electrons. The third-order valence-electron chi connectivity index (χ3n) is 6.44. The lowest BCUT2D eigenvalue weighted by Crippen LogP contribution is -2.39. The largest absolute Gasteiger partial charge is 0.492 e. The van der Waals surface area contributed by atoms with Crippen molar-refractivity contribution in [3.05, 3.63) is 84.4 Å². The van der Waals surface area contributed by atoms with Crippen molar-refractivity contribution in [1.82, 2.24) is 5.32 Å². The Labute approximate surface area is 224 Å². The summed E-state index contributed by atoms with van der Waals surface area (Å²) in [5.74, 6) is -0.508. The lowest BCUT2D eigenvalue weighted by atomic mass is 9.95. The molecule has 0 spiro atoms. The molecule has 0 radical (unpaired) electrons. The van der Waals surface area contributed by atoms with E-state index in [-0.39, 0.29) is 22.5 Å². The van der Waals surface area contributed by atoms with Gasteiger partial charge in [0.1, 0.15) is 12.3 Å². The molecule has 0 saturated heterocycles. The molecule has 9 heteroatoms. The normalized spacial score (nSPS) is 13.9. The molecule has 0 bridgehead atoms. The van der Waals surface area contributed by atoms with Crippen LogP contribution in [0.2, 0.25) is 0 Å². The predicted octanol–water partition coefficient (Wildman–Crippen LogP) is 4.98. The first-order valence-electron chi connectivity index (χ1n) is 12.9. The number of para-hydroxylation sites is 3. The summed E-state index contributed by atoms with van der Waals surface area (Å²) in [5, 5.41) is 5.83. The first-order chi connectivity index (χ1) is 18.4. The quantitative estimate of drug-likeness (QED) is 0.381. The van der Waals surface area contributed by atoms with E-state index in [4.69, 9.17) is 4.74 Å². The molecule has 3 aromatic carbocycles. The molecule has 0 heterocycles. The fraction of sp³-hybridized carbons (Fsp3) is 0.310. The Hall–Kier alpha value is -3.85. The molecule has 0 atom stereocenters. The van der Waals surface area contributed by atoms with Gasteiger partial charge in [0.05, 0.1) is 28.4 Å². The van der Waals surface area contributed by atoms with Crippen LogP contribution in [0.3, 0.4) is 0 Å². The van der Waals surface area contributed by atoms with Crippen LogP contribution in [0.1, 0.15) is 49.4 Å². The summed E-state index contributed by atoms with van der Waals surface area (Å²) in [5.41, 5.74) is 0.899. The van der Waals surface area contributed by atoms with Crippen LogP contribution in [0.25, 0.3) is 0 Å². The van der Waals surface area contributed by atoms with Gasteiger partial charge in [-0.25, -0.2) is 8.42 Å². The van der Waals surface area contributed by atoms with Gasteiger partial charge in [-0.1, -0.05) is 61.7 Å². The van der Waals surface area contributed by atoms with Gasteiger partial charge in [0, 0.05) is 6.04 Å². The summed E-state index contributed by atoms with van der Waals surface area (Å²) in [6.45, 7) is 1.61. The molecular weight excluding hydrogens is 502 g/mol. The highest BCUT2D eigenvalue weighted by Gasteiger charge is 2.30. The van der Waals surface area contributed by atoms with Crippen LogP contribution in [-0.2, 0) is 14.8 Å². The number of carbonyl (C=O) groups is 2. The Morgan fingerprint density at radius 3 is 2.29 bits per heavy atom. The first kappa shape index (κ1) is 27.2.